The molecule has 126 valence electrons. The van der Waals surface area contributed by atoms with Gasteiger partial charge >= 0.3 is 0 Å². The maximum Gasteiger partial charge on any atom is 0.251 e. The fourth-order valence-corrected chi connectivity index (χ4v) is 2.14. The number of rotatable bonds is 6. The third-order valence-electron chi connectivity index (χ3n) is 3.26. The van der Waals surface area contributed by atoms with Crippen molar-refractivity contribution in [3.05, 3.63) is 42.5 Å². The maximum absolute atomic E-state index is 11.9. The molecule has 1 fully saturated rings. The molecule has 1 saturated heterocycles. The number of halogens is 1. The molecule has 0 bridgehead atoms. The molecule has 7 heteroatoms. The third-order valence-corrected chi connectivity index (χ3v) is 3.26. The van der Waals surface area contributed by atoms with E-state index in [1.54, 1.807) is 30.3 Å². The second-order valence-corrected chi connectivity index (χ2v) is 5.03. The molecular formula is C16H22ClN3O3. The van der Waals surface area contributed by atoms with Crippen molar-refractivity contribution in [3.63, 3.8) is 0 Å². The number of morpholine rings is 1. The van der Waals surface area contributed by atoms with E-state index in [-0.39, 0.29) is 30.3 Å². The van der Waals surface area contributed by atoms with Crippen molar-refractivity contribution in [2.45, 2.75) is 12.5 Å². The normalized spacial score (nSPS) is 16.8. The average molecular weight is 340 g/mol. The van der Waals surface area contributed by atoms with Crippen molar-refractivity contribution in [3.8, 4) is 0 Å². The van der Waals surface area contributed by atoms with E-state index < -0.39 is 0 Å². The standard InChI is InChI=1S/C16H21N3O3.ClH/c1-2-7-18-16(21)12-3-5-13(6-4-12)19-15(20)10-14-11-17-8-9-22-14;/h2-6,14,17H,1,7-11H2,(H,18,21)(H,19,20);1H. The number of nitrogens with one attached hydrogen (secondary N) is 3. The van der Waals surface area contributed by atoms with Gasteiger partial charge in [-0.25, -0.2) is 0 Å². The summed E-state index contributed by atoms with van der Waals surface area (Å²) >= 11 is 0. The SMILES string of the molecule is C=CCNC(=O)c1ccc(NC(=O)CC2CNCCO2)cc1.Cl. The second-order valence-electron chi connectivity index (χ2n) is 5.03. The summed E-state index contributed by atoms with van der Waals surface area (Å²) in [6.45, 7) is 6.12. The van der Waals surface area contributed by atoms with E-state index in [1.165, 1.54) is 0 Å². The Labute approximate surface area is 142 Å². The molecule has 3 N–H and O–H groups in total. The first-order valence-corrected chi connectivity index (χ1v) is 7.30. The molecular weight excluding hydrogens is 318 g/mol. The minimum atomic E-state index is -0.167. The van der Waals surface area contributed by atoms with E-state index in [9.17, 15) is 9.59 Å². The van der Waals surface area contributed by atoms with E-state index in [0.717, 1.165) is 6.54 Å². The quantitative estimate of drug-likeness (QED) is 0.683. The monoisotopic (exact) mass is 339 g/mol. The molecule has 2 rings (SSSR count). The third kappa shape index (κ3) is 6.40. The zero-order valence-corrected chi connectivity index (χ0v) is 13.7. The van der Waals surface area contributed by atoms with Gasteiger partial charge in [-0.05, 0) is 24.3 Å². The number of hydrogen-bond donors (Lipinski definition) is 3. The summed E-state index contributed by atoms with van der Waals surface area (Å²) in [4.78, 5) is 23.7. The molecule has 0 saturated carbocycles. The minimum Gasteiger partial charge on any atom is -0.375 e. The highest BCUT2D eigenvalue weighted by Crippen LogP contribution is 2.11. The van der Waals surface area contributed by atoms with Crippen LogP contribution in [0.1, 0.15) is 16.8 Å². The van der Waals surface area contributed by atoms with Gasteiger partial charge in [-0.2, -0.15) is 0 Å². The van der Waals surface area contributed by atoms with Crippen molar-refractivity contribution >= 4 is 29.9 Å². The van der Waals surface area contributed by atoms with Crippen LogP contribution < -0.4 is 16.0 Å². The molecule has 1 aromatic rings. The highest BCUT2D eigenvalue weighted by atomic mass is 35.5. The van der Waals surface area contributed by atoms with E-state index >= 15 is 0 Å². The van der Waals surface area contributed by atoms with Gasteiger partial charge in [-0.3, -0.25) is 9.59 Å². The molecule has 23 heavy (non-hydrogen) atoms. The summed E-state index contributed by atoms with van der Waals surface area (Å²) in [5.74, 6) is -0.267. The molecule has 1 aliphatic rings. The van der Waals surface area contributed by atoms with E-state index in [2.05, 4.69) is 22.5 Å². The molecule has 1 aromatic carbocycles. The van der Waals surface area contributed by atoms with Gasteiger partial charge in [-0.15, -0.1) is 19.0 Å². The summed E-state index contributed by atoms with van der Waals surface area (Å²) in [6.07, 6.45) is 1.85. The number of carbonyl (C=O) groups is 2. The highest BCUT2D eigenvalue weighted by Gasteiger charge is 2.17. The van der Waals surface area contributed by atoms with Crippen LogP contribution in [0.4, 0.5) is 5.69 Å². The zero-order chi connectivity index (χ0) is 15.8. The summed E-state index contributed by atoms with van der Waals surface area (Å²) in [7, 11) is 0. The van der Waals surface area contributed by atoms with Crippen molar-refractivity contribution in [2.75, 3.05) is 31.6 Å². The van der Waals surface area contributed by atoms with Gasteiger partial charge in [0.15, 0.2) is 0 Å². The summed E-state index contributed by atoms with van der Waals surface area (Å²) in [5, 5.41) is 8.68. The lowest BCUT2D eigenvalue weighted by molar-refractivity contribution is -0.119. The van der Waals surface area contributed by atoms with Crippen molar-refractivity contribution < 1.29 is 14.3 Å². The van der Waals surface area contributed by atoms with Crippen LogP contribution in [0.2, 0.25) is 0 Å². The second kappa shape index (κ2) is 9.99. The Bertz CT molecular complexity index is 528. The van der Waals surface area contributed by atoms with E-state index in [1.807, 2.05) is 0 Å². The molecule has 1 heterocycles. The number of ether oxygens (including phenoxy) is 1. The summed E-state index contributed by atoms with van der Waals surface area (Å²) in [5.41, 5.74) is 1.20. The summed E-state index contributed by atoms with van der Waals surface area (Å²) in [6, 6.07) is 6.76. The topological polar surface area (TPSA) is 79.5 Å². The molecule has 1 atom stereocenters. The lowest BCUT2D eigenvalue weighted by atomic mass is 10.1. The van der Waals surface area contributed by atoms with Crippen LogP contribution in [0.15, 0.2) is 36.9 Å². The average Bonchev–Trinajstić information content (AvgIpc) is 2.54. The van der Waals surface area contributed by atoms with Crippen LogP contribution in [-0.4, -0.2) is 44.2 Å². The van der Waals surface area contributed by atoms with Gasteiger partial charge in [-0.1, -0.05) is 6.08 Å². The molecule has 6 nitrogen and oxygen atoms in total. The van der Waals surface area contributed by atoms with Crippen LogP contribution in [0.3, 0.4) is 0 Å². The number of amides is 2. The van der Waals surface area contributed by atoms with Crippen LogP contribution in [0, 0.1) is 0 Å². The molecule has 0 radical (unpaired) electrons. The van der Waals surface area contributed by atoms with Gasteiger partial charge in [0.05, 0.1) is 19.1 Å². The van der Waals surface area contributed by atoms with Gasteiger partial charge < -0.3 is 20.7 Å². The Kier molecular flexibility index (Phi) is 8.32. The smallest absolute Gasteiger partial charge is 0.251 e. The maximum atomic E-state index is 11.9. The molecule has 0 spiro atoms. The fraction of sp³-hybridized carbons (Fsp3) is 0.375. The number of anilines is 1. The molecule has 1 aliphatic heterocycles. The molecule has 1 unspecified atom stereocenters. The predicted molar refractivity (Wildman–Crippen MR) is 92.1 cm³/mol. The molecule has 0 aliphatic carbocycles. The van der Waals surface area contributed by atoms with E-state index in [0.29, 0.717) is 37.4 Å². The van der Waals surface area contributed by atoms with Gasteiger partial charge in [0.25, 0.3) is 5.91 Å². The van der Waals surface area contributed by atoms with Gasteiger partial charge in [0.2, 0.25) is 5.91 Å². The van der Waals surface area contributed by atoms with Crippen molar-refractivity contribution in [1.29, 1.82) is 0 Å². The first kappa shape index (κ1) is 19.2. The highest BCUT2D eigenvalue weighted by molar-refractivity contribution is 5.95. The van der Waals surface area contributed by atoms with Crippen molar-refractivity contribution in [1.82, 2.24) is 10.6 Å². The predicted octanol–water partition coefficient (Wildman–Crippen LogP) is 1.34. The Hall–Kier alpha value is -1.89. The Morgan fingerprint density at radius 3 is 2.70 bits per heavy atom. The van der Waals surface area contributed by atoms with Crippen LogP contribution in [-0.2, 0) is 9.53 Å². The Morgan fingerprint density at radius 2 is 2.09 bits per heavy atom. The number of carbonyl (C=O) groups excluding carboxylic acids is 2. The largest absolute Gasteiger partial charge is 0.375 e. The van der Waals surface area contributed by atoms with Crippen molar-refractivity contribution in [2.24, 2.45) is 0 Å². The fourth-order valence-electron chi connectivity index (χ4n) is 2.14. The molecule has 2 amide bonds. The number of hydrogen-bond acceptors (Lipinski definition) is 4. The van der Waals surface area contributed by atoms with Gasteiger partial charge in [0, 0.05) is 30.9 Å². The summed E-state index contributed by atoms with van der Waals surface area (Å²) < 4.78 is 5.49. The van der Waals surface area contributed by atoms with Crippen LogP contribution >= 0.6 is 12.4 Å². The Balaban J connectivity index is 0.00000264. The Morgan fingerprint density at radius 1 is 1.35 bits per heavy atom. The lowest BCUT2D eigenvalue weighted by Gasteiger charge is -2.23. The van der Waals surface area contributed by atoms with Gasteiger partial charge in [0.1, 0.15) is 0 Å². The minimum absolute atomic E-state index is 0. The first-order valence-electron chi connectivity index (χ1n) is 7.30. The lowest BCUT2D eigenvalue weighted by Crippen LogP contribution is -2.40. The molecule has 0 aromatic heterocycles. The van der Waals surface area contributed by atoms with Crippen LogP contribution in [0.5, 0.6) is 0 Å². The van der Waals surface area contributed by atoms with Crippen LogP contribution in [0.25, 0.3) is 0 Å². The first-order chi connectivity index (χ1) is 10.7. The zero-order valence-electron chi connectivity index (χ0n) is 12.8. The van der Waals surface area contributed by atoms with E-state index in [4.69, 9.17) is 4.74 Å². The number of benzene rings is 1.